The lowest BCUT2D eigenvalue weighted by atomic mass is 10.0. The van der Waals surface area contributed by atoms with Crippen molar-refractivity contribution < 1.29 is 0 Å². The molecule has 3 nitrogen and oxygen atoms in total. The maximum atomic E-state index is 8.88. The maximum absolute atomic E-state index is 8.88. The summed E-state index contributed by atoms with van der Waals surface area (Å²) in [5.41, 5.74) is 6.35. The molecule has 0 amide bonds. The second-order valence-electron chi connectivity index (χ2n) is 6.72. The quantitative estimate of drug-likeness (QED) is 0.418. The predicted octanol–water partition coefficient (Wildman–Crippen LogP) is 6.21. The van der Waals surface area contributed by atoms with E-state index in [1.54, 1.807) is 0 Å². The molecule has 0 atom stereocenters. The van der Waals surface area contributed by atoms with Crippen molar-refractivity contribution in [1.29, 1.82) is 5.26 Å². The van der Waals surface area contributed by atoms with E-state index in [0.717, 1.165) is 46.1 Å². The Hall–Kier alpha value is -3.06. The average molecular weight is 420 g/mol. The smallest absolute Gasteiger partial charge is 0.110 e. The van der Waals surface area contributed by atoms with Crippen molar-refractivity contribution in [2.45, 2.75) is 12.8 Å². The maximum Gasteiger partial charge on any atom is 0.110 e. The molecule has 0 bridgehead atoms. The van der Waals surface area contributed by atoms with Crippen LogP contribution >= 0.6 is 24.0 Å². The van der Waals surface area contributed by atoms with Crippen LogP contribution in [0.5, 0.6) is 0 Å². The molecule has 0 spiro atoms. The highest BCUT2D eigenvalue weighted by Gasteiger charge is 2.05. The largest absolute Gasteiger partial charge is 0.345 e. The van der Waals surface area contributed by atoms with Gasteiger partial charge in [-0.25, -0.2) is 4.98 Å². The summed E-state index contributed by atoms with van der Waals surface area (Å²) in [6, 6.07) is 26.1. The molecule has 0 saturated heterocycles. The molecule has 0 aliphatic rings. The molecular weight excluding hydrogens is 401 g/mol. The van der Waals surface area contributed by atoms with Gasteiger partial charge in [0.25, 0.3) is 0 Å². The van der Waals surface area contributed by atoms with Gasteiger partial charge in [-0.3, -0.25) is 0 Å². The summed E-state index contributed by atoms with van der Waals surface area (Å²) in [5, 5.41) is 9.63. The number of benzene rings is 3. The van der Waals surface area contributed by atoms with Crippen LogP contribution in [0.4, 0.5) is 0 Å². The number of imidazole rings is 1. The molecule has 3 aromatic carbocycles. The van der Waals surface area contributed by atoms with E-state index in [4.69, 9.17) is 16.9 Å². The first kappa shape index (κ1) is 20.7. The van der Waals surface area contributed by atoms with Crippen LogP contribution in [0.3, 0.4) is 0 Å². The lowest BCUT2D eigenvalue weighted by Gasteiger charge is -2.04. The first-order valence-electron chi connectivity index (χ1n) is 9.06. The van der Waals surface area contributed by atoms with Crippen LogP contribution in [0, 0.1) is 11.3 Å². The van der Waals surface area contributed by atoms with Gasteiger partial charge in [0, 0.05) is 29.8 Å². The number of hydrogen-bond donors (Lipinski definition) is 1. The first-order chi connectivity index (χ1) is 13.7. The molecule has 0 unspecified atom stereocenters. The van der Waals surface area contributed by atoms with Gasteiger partial charge in [-0.15, -0.1) is 12.4 Å². The third-order valence-electron chi connectivity index (χ3n) is 4.64. The molecule has 1 heterocycles. The highest BCUT2D eigenvalue weighted by molar-refractivity contribution is 6.30. The van der Waals surface area contributed by atoms with Crippen molar-refractivity contribution in [2.24, 2.45) is 0 Å². The monoisotopic (exact) mass is 419 g/mol. The number of aromatic nitrogens is 2. The average Bonchev–Trinajstić information content (AvgIpc) is 3.16. The van der Waals surface area contributed by atoms with E-state index in [-0.39, 0.29) is 12.4 Å². The number of hydrogen-bond acceptors (Lipinski definition) is 2. The third kappa shape index (κ3) is 5.26. The van der Waals surface area contributed by atoms with Gasteiger partial charge in [-0.2, -0.15) is 5.26 Å². The van der Waals surface area contributed by atoms with Gasteiger partial charge in [0.2, 0.25) is 0 Å². The summed E-state index contributed by atoms with van der Waals surface area (Å²) in [6.45, 7) is 0. The van der Waals surface area contributed by atoms with Crippen LogP contribution in [0.15, 0.2) is 79.0 Å². The Kier molecular flexibility index (Phi) is 6.72. The lowest BCUT2D eigenvalue weighted by molar-refractivity contribution is 1.000. The molecule has 0 radical (unpaired) electrons. The van der Waals surface area contributed by atoms with Gasteiger partial charge in [0.1, 0.15) is 5.82 Å². The van der Waals surface area contributed by atoms with Gasteiger partial charge >= 0.3 is 0 Å². The van der Waals surface area contributed by atoms with Crippen molar-refractivity contribution >= 4 is 24.0 Å². The number of nitrogens with one attached hydrogen (secondary N) is 1. The number of nitrogens with zero attached hydrogens (tertiary/aromatic N) is 2. The Morgan fingerprint density at radius 1 is 0.862 bits per heavy atom. The highest BCUT2D eigenvalue weighted by Crippen LogP contribution is 2.23. The van der Waals surface area contributed by atoms with Gasteiger partial charge < -0.3 is 4.98 Å². The zero-order valence-electron chi connectivity index (χ0n) is 15.6. The number of rotatable bonds is 5. The summed E-state index contributed by atoms with van der Waals surface area (Å²) in [7, 11) is 0. The van der Waals surface area contributed by atoms with E-state index in [0.29, 0.717) is 5.56 Å². The fraction of sp³-hybridized carbons (Fsp3) is 0.0833. The minimum atomic E-state index is 0. The molecule has 0 aliphatic carbocycles. The molecule has 29 heavy (non-hydrogen) atoms. The molecular formula is C24H19Cl2N3. The highest BCUT2D eigenvalue weighted by atomic mass is 35.5. The van der Waals surface area contributed by atoms with Crippen molar-refractivity contribution in [3.63, 3.8) is 0 Å². The van der Waals surface area contributed by atoms with E-state index in [1.807, 2.05) is 48.7 Å². The van der Waals surface area contributed by atoms with Crippen LogP contribution in [0.1, 0.15) is 28.2 Å². The minimum Gasteiger partial charge on any atom is -0.345 e. The fourth-order valence-electron chi connectivity index (χ4n) is 3.18. The van der Waals surface area contributed by atoms with Crippen molar-refractivity contribution in [2.75, 3.05) is 0 Å². The SMILES string of the molecule is Cl.N#Cc1ccc(Cc2cnc(Cc3ccc(-c4cccc(Cl)c4)cc3)[nH]2)cc1. The Morgan fingerprint density at radius 2 is 1.55 bits per heavy atom. The van der Waals surface area contributed by atoms with Crippen LogP contribution in [-0.4, -0.2) is 9.97 Å². The van der Waals surface area contributed by atoms with Gasteiger partial charge in [-0.05, 0) is 46.5 Å². The molecule has 4 aromatic rings. The Morgan fingerprint density at radius 3 is 2.24 bits per heavy atom. The fourth-order valence-corrected chi connectivity index (χ4v) is 3.37. The second kappa shape index (κ2) is 9.43. The summed E-state index contributed by atoms with van der Waals surface area (Å²) >= 11 is 6.08. The van der Waals surface area contributed by atoms with Crippen LogP contribution in [-0.2, 0) is 12.8 Å². The zero-order valence-corrected chi connectivity index (χ0v) is 17.2. The van der Waals surface area contributed by atoms with E-state index < -0.39 is 0 Å². The Balaban J connectivity index is 0.00000240. The summed E-state index contributed by atoms with van der Waals surface area (Å²) in [4.78, 5) is 7.91. The molecule has 0 aliphatic heterocycles. The molecule has 1 N–H and O–H groups in total. The van der Waals surface area contributed by atoms with Gasteiger partial charge in [0.05, 0.1) is 11.6 Å². The summed E-state index contributed by atoms with van der Waals surface area (Å²) < 4.78 is 0. The molecule has 4 rings (SSSR count). The van der Waals surface area contributed by atoms with E-state index >= 15 is 0 Å². The van der Waals surface area contributed by atoms with Gasteiger partial charge in [-0.1, -0.05) is 60.1 Å². The Labute approximate surface area is 181 Å². The molecule has 1 aromatic heterocycles. The van der Waals surface area contributed by atoms with Crippen LogP contribution in [0.2, 0.25) is 5.02 Å². The topological polar surface area (TPSA) is 52.5 Å². The number of H-pyrrole nitrogens is 1. The zero-order chi connectivity index (χ0) is 19.3. The van der Waals surface area contributed by atoms with E-state index in [1.165, 1.54) is 5.56 Å². The minimum absolute atomic E-state index is 0. The predicted molar refractivity (Wildman–Crippen MR) is 119 cm³/mol. The second-order valence-corrected chi connectivity index (χ2v) is 7.16. The molecule has 0 saturated carbocycles. The standard InChI is InChI=1S/C24H18ClN3.ClH/c25-22-3-1-2-21(14-22)20-10-8-18(9-11-20)13-24-27-16-23(28-24)12-17-4-6-19(15-26)7-5-17;/h1-11,14,16H,12-13H2,(H,27,28);1H. The van der Waals surface area contributed by atoms with Crippen LogP contribution < -0.4 is 0 Å². The number of nitriles is 1. The molecule has 5 heteroatoms. The number of aromatic amines is 1. The van der Waals surface area contributed by atoms with Crippen LogP contribution in [0.25, 0.3) is 11.1 Å². The third-order valence-corrected chi connectivity index (χ3v) is 4.88. The summed E-state index contributed by atoms with van der Waals surface area (Å²) in [5.74, 6) is 0.944. The lowest BCUT2D eigenvalue weighted by Crippen LogP contribution is -1.93. The van der Waals surface area contributed by atoms with E-state index in [2.05, 4.69) is 46.4 Å². The van der Waals surface area contributed by atoms with E-state index in [9.17, 15) is 0 Å². The van der Waals surface area contributed by atoms with Gasteiger partial charge in [0.15, 0.2) is 0 Å². The Bertz CT molecular complexity index is 1120. The normalized spacial score (nSPS) is 10.2. The molecule has 0 fully saturated rings. The molecule has 144 valence electrons. The first-order valence-corrected chi connectivity index (χ1v) is 9.44. The van der Waals surface area contributed by atoms with Crippen molar-refractivity contribution in [3.05, 3.63) is 112 Å². The summed E-state index contributed by atoms with van der Waals surface area (Å²) in [6.07, 6.45) is 3.41. The van der Waals surface area contributed by atoms with Crippen molar-refractivity contribution in [3.8, 4) is 17.2 Å². The van der Waals surface area contributed by atoms with Crippen molar-refractivity contribution in [1.82, 2.24) is 9.97 Å². The number of halogens is 2.